The average molecular weight is 284 g/mol. The minimum Gasteiger partial charge on any atom is -0.478 e. The highest BCUT2D eigenvalue weighted by Crippen LogP contribution is 2.21. The highest BCUT2D eigenvalue weighted by Gasteiger charge is 2.18. The molecule has 0 atom stereocenters. The standard InChI is InChI=1S/C12H7ClFNO4/c13-9-5-4-8(19-9)11(16)15-10-6(12(17)18)2-1-3-7(10)14/h1-5H,(H,15,16)(H,17,18). The molecule has 0 saturated carbocycles. The number of carbonyl (C=O) groups excluding carboxylic acids is 1. The van der Waals surface area contributed by atoms with Crippen LogP contribution in [0.3, 0.4) is 0 Å². The molecular formula is C12H7ClFNO4. The molecule has 1 amide bonds. The van der Waals surface area contributed by atoms with Gasteiger partial charge in [0.1, 0.15) is 5.82 Å². The van der Waals surface area contributed by atoms with Crippen LogP contribution in [0.15, 0.2) is 34.7 Å². The molecule has 2 rings (SSSR count). The molecule has 2 aromatic rings. The zero-order valence-corrected chi connectivity index (χ0v) is 10.1. The number of furan rings is 1. The van der Waals surface area contributed by atoms with E-state index in [4.69, 9.17) is 21.1 Å². The van der Waals surface area contributed by atoms with Gasteiger partial charge in [0.05, 0.1) is 11.3 Å². The fraction of sp³-hybridized carbons (Fsp3) is 0. The number of amides is 1. The number of anilines is 1. The van der Waals surface area contributed by atoms with Crippen LogP contribution in [0.2, 0.25) is 5.22 Å². The minimum atomic E-state index is -1.35. The van der Waals surface area contributed by atoms with E-state index < -0.39 is 23.4 Å². The number of hydrogen-bond donors (Lipinski definition) is 2. The summed E-state index contributed by atoms with van der Waals surface area (Å²) in [5, 5.41) is 11.1. The van der Waals surface area contributed by atoms with Crippen molar-refractivity contribution in [2.24, 2.45) is 0 Å². The number of rotatable bonds is 3. The first-order chi connectivity index (χ1) is 8.99. The Labute approximate surface area is 111 Å². The lowest BCUT2D eigenvalue weighted by molar-refractivity contribution is 0.0697. The Morgan fingerprint density at radius 1 is 1.26 bits per heavy atom. The van der Waals surface area contributed by atoms with Crippen LogP contribution in [0, 0.1) is 5.82 Å². The Morgan fingerprint density at radius 3 is 2.58 bits per heavy atom. The second-order valence-corrected chi connectivity index (χ2v) is 3.90. The van der Waals surface area contributed by atoms with Crippen LogP contribution in [-0.2, 0) is 0 Å². The van der Waals surface area contributed by atoms with Gasteiger partial charge in [-0.1, -0.05) is 6.07 Å². The predicted molar refractivity (Wildman–Crippen MR) is 65.0 cm³/mol. The van der Waals surface area contributed by atoms with Crippen molar-refractivity contribution in [1.29, 1.82) is 0 Å². The van der Waals surface area contributed by atoms with Gasteiger partial charge in [0.15, 0.2) is 11.0 Å². The third-order valence-electron chi connectivity index (χ3n) is 2.28. The Kier molecular flexibility index (Phi) is 3.52. The van der Waals surface area contributed by atoms with Gasteiger partial charge in [0, 0.05) is 0 Å². The van der Waals surface area contributed by atoms with Gasteiger partial charge in [-0.3, -0.25) is 4.79 Å². The maximum absolute atomic E-state index is 13.6. The van der Waals surface area contributed by atoms with E-state index in [0.29, 0.717) is 0 Å². The maximum Gasteiger partial charge on any atom is 0.337 e. The predicted octanol–water partition coefficient (Wildman–Crippen LogP) is 3.02. The molecule has 0 aliphatic carbocycles. The van der Waals surface area contributed by atoms with E-state index in [1.807, 2.05) is 0 Å². The Balaban J connectivity index is 2.33. The topological polar surface area (TPSA) is 79.5 Å². The summed E-state index contributed by atoms with van der Waals surface area (Å²) < 4.78 is 18.4. The van der Waals surface area contributed by atoms with Gasteiger partial charge in [-0.2, -0.15) is 0 Å². The number of hydrogen-bond acceptors (Lipinski definition) is 3. The zero-order chi connectivity index (χ0) is 14.0. The SMILES string of the molecule is O=C(Nc1c(F)cccc1C(=O)O)c1ccc(Cl)o1. The number of benzene rings is 1. The van der Waals surface area contributed by atoms with E-state index in [9.17, 15) is 14.0 Å². The fourth-order valence-corrected chi connectivity index (χ4v) is 1.59. The second kappa shape index (κ2) is 5.11. The molecule has 0 unspecified atom stereocenters. The van der Waals surface area contributed by atoms with Crippen molar-refractivity contribution in [3.63, 3.8) is 0 Å². The lowest BCUT2D eigenvalue weighted by Crippen LogP contribution is -2.15. The van der Waals surface area contributed by atoms with Gasteiger partial charge < -0.3 is 14.8 Å². The number of aromatic carboxylic acids is 1. The summed E-state index contributed by atoms with van der Waals surface area (Å²) in [4.78, 5) is 22.7. The molecule has 0 fully saturated rings. The van der Waals surface area contributed by atoms with E-state index in [1.54, 1.807) is 0 Å². The van der Waals surface area contributed by atoms with Crippen molar-refractivity contribution in [2.45, 2.75) is 0 Å². The van der Waals surface area contributed by atoms with Crippen LogP contribution in [0.4, 0.5) is 10.1 Å². The highest BCUT2D eigenvalue weighted by molar-refractivity contribution is 6.29. The molecular weight excluding hydrogens is 277 g/mol. The number of halogens is 2. The van der Waals surface area contributed by atoms with Crippen molar-refractivity contribution in [3.05, 3.63) is 52.7 Å². The molecule has 7 heteroatoms. The van der Waals surface area contributed by atoms with Crippen LogP contribution < -0.4 is 5.32 Å². The molecule has 0 saturated heterocycles. The fourth-order valence-electron chi connectivity index (χ4n) is 1.44. The van der Waals surface area contributed by atoms with Crippen LogP contribution >= 0.6 is 11.6 Å². The molecule has 0 radical (unpaired) electrons. The van der Waals surface area contributed by atoms with Gasteiger partial charge in [-0.15, -0.1) is 0 Å². The highest BCUT2D eigenvalue weighted by atomic mass is 35.5. The third-order valence-corrected chi connectivity index (χ3v) is 2.48. The molecule has 1 aromatic carbocycles. The van der Waals surface area contributed by atoms with Gasteiger partial charge >= 0.3 is 5.97 Å². The summed E-state index contributed by atoms with van der Waals surface area (Å²) in [5.41, 5.74) is -0.779. The first kappa shape index (κ1) is 13.1. The summed E-state index contributed by atoms with van der Waals surface area (Å²) in [5.74, 6) is -3.15. The maximum atomic E-state index is 13.6. The Hall–Kier alpha value is -2.34. The van der Waals surface area contributed by atoms with Crippen molar-refractivity contribution in [2.75, 3.05) is 5.32 Å². The van der Waals surface area contributed by atoms with Crippen LogP contribution in [0.5, 0.6) is 0 Å². The zero-order valence-electron chi connectivity index (χ0n) is 9.31. The van der Waals surface area contributed by atoms with Crippen molar-refractivity contribution < 1.29 is 23.5 Å². The monoisotopic (exact) mass is 283 g/mol. The number of para-hydroxylation sites is 1. The van der Waals surface area contributed by atoms with E-state index in [0.717, 1.165) is 6.07 Å². The van der Waals surface area contributed by atoms with E-state index in [-0.39, 0.29) is 16.5 Å². The van der Waals surface area contributed by atoms with Gasteiger partial charge in [-0.05, 0) is 35.9 Å². The first-order valence-electron chi connectivity index (χ1n) is 5.07. The molecule has 98 valence electrons. The first-order valence-corrected chi connectivity index (χ1v) is 5.45. The average Bonchev–Trinajstić information content (AvgIpc) is 2.78. The molecule has 0 aliphatic heterocycles. The van der Waals surface area contributed by atoms with Gasteiger partial charge in [-0.25, -0.2) is 9.18 Å². The molecule has 1 aromatic heterocycles. The van der Waals surface area contributed by atoms with Crippen molar-refractivity contribution in [1.82, 2.24) is 0 Å². The number of carboxylic acid groups (broad SMARTS) is 1. The van der Waals surface area contributed by atoms with Crippen LogP contribution in [0.25, 0.3) is 0 Å². The van der Waals surface area contributed by atoms with Crippen LogP contribution in [-0.4, -0.2) is 17.0 Å². The van der Waals surface area contributed by atoms with E-state index >= 15 is 0 Å². The lowest BCUT2D eigenvalue weighted by Gasteiger charge is -2.08. The normalized spacial score (nSPS) is 10.2. The number of carbonyl (C=O) groups is 2. The summed E-state index contributed by atoms with van der Waals surface area (Å²) in [6.07, 6.45) is 0. The quantitative estimate of drug-likeness (QED) is 0.907. The molecule has 1 heterocycles. The Morgan fingerprint density at radius 2 is 2.00 bits per heavy atom. The molecule has 0 spiro atoms. The summed E-state index contributed by atoms with van der Waals surface area (Å²) in [6.45, 7) is 0. The van der Waals surface area contributed by atoms with Crippen molar-refractivity contribution >= 4 is 29.2 Å². The van der Waals surface area contributed by atoms with Crippen molar-refractivity contribution in [3.8, 4) is 0 Å². The molecule has 2 N–H and O–H groups in total. The van der Waals surface area contributed by atoms with E-state index in [2.05, 4.69) is 5.32 Å². The summed E-state index contributed by atoms with van der Waals surface area (Å²) in [6, 6.07) is 6.08. The van der Waals surface area contributed by atoms with Gasteiger partial charge in [0.2, 0.25) is 0 Å². The summed E-state index contributed by atoms with van der Waals surface area (Å²) in [7, 11) is 0. The van der Waals surface area contributed by atoms with Gasteiger partial charge in [0.25, 0.3) is 5.91 Å². The molecule has 5 nitrogen and oxygen atoms in total. The number of carboxylic acids is 1. The Bertz CT molecular complexity index is 653. The molecule has 19 heavy (non-hydrogen) atoms. The molecule has 0 aliphatic rings. The smallest absolute Gasteiger partial charge is 0.337 e. The lowest BCUT2D eigenvalue weighted by atomic mass is 10.1. The van der Waals surface area contributed by atoms with Crippen LogP contribution in [0.1, 0.15) is 20.9 Å². The minimum absolute atomic E-state index is 0.00265. The number of nitrogens with one attached hydrogen (secondary N) is 1. The second-order valence-electron chi connectivity index (χ2n) is 3.53. The molecule has 0 bridgehead atoms. The largest absolute Gasteiger partial charge is 0.478 e. The van der Waals surface area contributed by atoms with E-state index in [1.165, 1.54) is 24.3 Å². The summed E-state index contributed by atoms with van der Waals surface area (Å²) >= 11 is 5.51. The third kappa shape index (κ3) is 2.74.